The summed E-state index contributed by atoms with van der Waals surface area (Å²) in [5.74, 6) is -9.94. The summed E-state index contributed by atoms with van der Waals surface area (Å²) in [6.45, 7) is 8.66. The summed E-state index contributed by atoms with van der Waals surface area (Å²) in [6, 6.07) is 10.8. The van der Waals surface area contributed by atoms with Gasteiger partial charge in [0.05, 0.1) is 17.6 Å². The minimum Gasteiger partial charge on any atom is -0.508 e. The molecule has 0 bridgehead atoms. The van der Waals surface area contributed by atoms with Gasteiger partial charge < -0.3 is 31.3 Å². The normalized spacial score (nSPS) is 38.1. The second-order valence-electron chi connectivity index (χ2n) is 13.8. The Kier molecular flexibility index (Phi) is 7.59. The Bertz CT molecular complexity index is 1540. The van der Waals surface area contributed by atoms with Crippen LogP contribution >= 0.6 is 0 Å². The number of nitrogens with two attached hydrogens (primary N) is 1. The third kappa shape index (κ3) is 4.03. The fraction of sp³-hybridized carbons (Fsp3) is 0.529. The number of aromatic hydroxyl groups is 2. The molecule has 0 aromatic heterocycles. The average molecular weight is 608 g/mol. The van der Waals surface area contributed by atoms with Gasteiger partial charge in [0.15, 0.2) is 17.2 Å². The monoisotopic (exact) mass is 607 g/mol. The maximum absolute atomic E-state index is 14.3. The predicted octanol–water partition coefficient (Wildman–Crippen LogP) is 2.27. The van der Waals surface area contributed by atoms with Crippen molar-refractivity contribution in [2.24, 2.45) is 46.2 Å². The molecule has 10 nitrogen and oxygen atoms in total. The van der Waals surface area contributed by atoms with Crippen molar-refractivity contribution in [1.29, 1.82) is 0 Å². The maximum Gasteiger partial charge on any atom is 0.230 e. The summed E-state index contributed by atoms with van der Waals surface area (Å²) in [5.41, 5.74) is 0.939. The number of primary amides is 1. The van der Waals surface area contributed by atoms with E-state index in [9.17, 15) is 44.7 Å². The average Bonchev–Trinajstić information content (AvgIpc) is 2.93. The van der Waals surface area contributed by atoms with Gasteiger partial charge in [-0.25, -0.2) is 0 Å². The van der Waals surface area contributed by atoms with Crippen LogP contribution in [0.15, 0.2) is 42.5 Å². The van der Waals surface area contributed by atoms with Crippen LogP contribution in [-0.2, 0) is 20.8 Å². The number of hydrogen-bond donors (Lipinski definition) is 6. The molecule has 2 fully saturated rings. The largest absolute Gasteiger partial charge is 0.508 e. The zero-order valence-electron chi connectivity index (χ0n) is 25.5. The number of carbonyl (C=O) groups excluding carboxylic acids is 4. The lowest BCUT2D eigenvalue weighted by molar-refractivity contribution is -0.292. The maximum atomic E-state index is 14.3. The van der Waals surface area contributed by atoms with E-state index in [0.29, 0.717) is 11.1 Å². The lowest BCUT2D eigenvalue weighted by atomic mass is 9.33. The van der Waals surface area contributed by atoms with Crippen LogP contribution in [0, 0.1) is 40.4 Å². The Hall–Kier alpha value is -3.60. The number of aliphatic hydroxyl groups excluding tert-OH is 2. The van der Waals surface area contributed by atoms with E-state index >= 15 is 0 Å². The Morgan fingerprint density at radius 2 is 1.61 bits per heavy atom. The van der Waals surface area contributed by atoms with E-state index in [0.717, 1.165) is 0 Å². The highest BCUT2D eigenvalue weighted by Crippen LogP contribution is 2.71. The van der Waals surface area contributed by atoms with E-state index in [1.807, 2.05) is 6.92 Å². The van der Waals surface area contributed by atoms with Crippen LogP contribution in [-0.4, -0.2) is 66.6 Å². The van der Waals surface area contributed by atoms with E-state index < -0.39 is 81.6 Å². The molecular weight excluding hydrogens is 566 g/mol. The first kappa shape index (κ1) is 31.8. The number of carbonyl (C=O) groups is 4. The number of amides is 1. The highest BCUT2D eigenvalue weighted by Gasteiger charge is 2.80. The molecule has 0 radical (unpaired) electrons. The lowest BCUT2D eigenvalue weighted by Gasteiger charge is -2.71. The fourth-order valence-corrected chi connectivity index (χ4v) is 9.51. The molecule has 236 valence electrons. The number of fused-ring (bicyclic) bond motifs is 3. The second kappa shape index (κ2) is 10.5. The number of aliphatic hydroxyl groups is 3. The highest BCUT2D eigenvalue weighted by molar-refractivity contribution is 6.09. The van der Waals surface area contributed by atoms with Gasteiger partial charge in [-0.05, 0) is 58.4 Å². The van der Waals surface area contributed by atoms with Crippen molar-refractivity contribution in [2.75, 3.05) is 0 Å². The number of rotatable bonds is 6. The predicted molar refractivity (Wildman–Crippen MR) is 158 cm³/mol. The summed E-state index contributed by atoms with van der Waals surface area (Å²) >= 11 is 0. The van der Waals surface area contributed by atoms with Gasteiger partial charge in [0, 0.05) is 18.3 Å². The van der Waals surface area contributed by atoms with Gasteiger partial charge in [0.2, 0.25) is 5.91 Å². The van der Waals surface area contributed by atoms with E-state index in [2.05, 4.69) is 0 Å². The lowest BCUT2D eigenvalue weighted by Crippen LogP contribution is -2.82. The van der Waals surface area contributed by atoms with Gasteiger partial charge >= 0.3 is 0 Å². The molecule has 0 heterocycles. The van der Waals surface area contributed by atoms with Crippen molar-refractivity contribution in [3.05, 3.63) is 59.2 Å². The molecule has 5 rings (SSSR count). The van der Waals surface area contributed by atoms with Gasteiger partial charge in [-0.3, -0.25) is 19.2 Å². The molecule has 44 heavy (non-hydrogen) atoms. The molecule has 2 saturated carbocycles. The summed E-state index contributed by atoms with van der Waals surface area (Å²) in [4.78, 5) is 55.1. The molecule has 0 aliphatic heterocycles. The van der Waals surface area contributed by atoms with Gasteiger partial charge in [-0.15, -0.1) is 0 Å². The van der Waals surface area contributed by atoms with E-state index in [4.69, 9.17) is 5.73 Å². The first-order valence-corrected chi connectivity index (χ1v) is 15.0. The summed E-state index contributed by atoms with van der Waals surface area (Å²) in [6.07, 6.45) is -3.97. The van der Waals surface area contributed by atoms with Crippen LogP contribution in [0.5, 0.6) is 11.5 Å². The molecule has 2 aromatic carbocycles. The molecule has 2 aromatic rings. The van der Waals surface area contributed by atoms with Gasteiger partial charge in [0.25, 0.3) is 0 Å². The topological polar surface area (TPSA) is 195 Å². The Morgan fingerprint density at radius 3 is 2.18 bits per heavy atom. The minimum atomic E-state index is -2.76. The number of ketones is 3. The Balaban J connectivity index is 1.79. The van der Waals surface area contributed by atoms with Crippen molar-refractivity contribution in [3.8, 4) is 11.5 Å². The van der Waals surface area contributed by atoms with Crippen molar-refractivity contribution in [3.63, 3.8) is 0 Å². The van der Waals surface area contributed by atoms with Gasteiger partial charge in [-0.2, -0.15) is 0 Å². The zero-order chi connectivity index (χ0) is 32.7. The van der Waals surface area contributed by atoms with Gasteiger partial charge in [0.1, 0.15) is 29.3 Å². The quantitative estimate of drug-likeness (QED) is 0.267. The molecule has 0 saturated heterocycles. The fourth-order valence-electron chi connectivity index (χ4n) is 9.51. The molecule has 3 aliphatic carbocycles. The summed E-state index contributed by atoms with van der Waals surface area (Å²) in [5, 5.41) is 56.9. The summed E-state index contributed by atoms with van der Waals surface area (Å²) in [7, 11) is 0. The van der Waals surface area contributed by atoms with Crippen molar-refractivity contribution in [1.82, 2.24) is 0 Å². The van der Waals surface area contributed by atoms with Crippen molar-refractivity contribution < 1.29 is 44.7 Å². The molecule has 2 unspecified atom stereocenters. The first-order chi connectivity index (χ1) is 20.4. The third-order valence-corrected chi connectivity index (χ3v) is 11.6. The number of phenolic OH excluding ortho intramolecular Hbond substituents is 2. The third-order valence-electron chi connectivity index (χ3n) is 11.6. The molecule has 1 amide bonds. The molecule has 0 spiro atoms. The van der Waals surface area contributed by atoms with Crippen LogP contribution in [0.3, 0.4) is 0 Å². The minimum absolute atomic E-state index is 0.0296. The van der Waals surface area contributed by atoms with Crippen LogP contribution < -0.4 is 5.73 Å². The van der Waals surface area contributed by atoms with Crippen LogP contribution in [0.1, 0.15) is 68.4 Å². The van der Waals surface area contributed by atoms with E-state index in [-0.39, 0.29) is 35.7 Å². The van der Waals surface area contributed by atoms with Crippen molar-refractivity contribution >= 4 is 23.3 Å². The van der Waals surface area contributed by atoms with E-state index in [1.165, 1.54) is 18.2 Å². The summed E-state index contributed by atoms with van der Waals surface area (Å²) < 4.78 is 0. The number of benzene rings is 2. The number of Topliss-reactive ketones (excluding diaryl/α,β-unsaturated/α-hetero) is 3. The SMILES string of the molecule is CC(C)[C@H]1C(O)[C@@H](C(N)=O)C(=O)[C@]2(O)C(O)[C@H]3C(=O)c4c(O)cccc4[C@@H](C)[C@]3(C)[C@@H](CC(=O)Cc3ccc(O)cc3)[C@]12C. The smallest absolute Gasteiger partial charge is 0.230 e. The molecule has 7 N–H and O–H groups in total. The van der Waals surface area contributed by atoms with Crippen molar-refractivity contribution in [2.45, 2.75) is 71.2 Å². The van der Waals surface area contributed by atoms with Crippen LogP contribution in [0.4, 0.5) is 0 Å². The highest BCUT2D eigenvalue weighted by atomic mass is 16.4. The number of phenols is 2. The molecule has 10 heteroatoms. The molecule has 3 aliphatic rings. The first-order valence-electron chi connectivity index (χ1n) is 15.0. The zero-order valence-corrected chi connectivity index (χ0v) is 25.5. The Morgan fingerprint density at radius 1 is 1.00 bits per heavy atom. The van der Waals surface area contributed by atoms with Gasteiger partial charge in [-0.1, -0.05) is 58.9 Å². The van der Waals surface area contributed by atoms with E-state index in [1.54, 1.807) is 52.0 Å². The van der Waals surface area contributed by atoms with Crippen LogP contribution in [0.25, 0.3) is 0 Å². The second-order valence-corrected chi connectivity index (χ2v) is 13.8. The molecule has 10 atom stereocenters. The molecular formula is C34H41NO9. The van der Waals surface area contributed by atoms with Crippen LogP contribution in [0.2, 0.25) is 0 Å². The number of hydrogen-bond acceptors (Lipinski definition) is 9. The standard InChI is InChI=1S/C34H41NO9/c1-15(2)25-28(40)24(31(35)43)29(41)34(44)30(42)26-27(39)23-20(7-6-8-21(23)38)16(3)32(26,4)22(33(25,34)5)14-19(37)13-17-9-11-18(36)12-10-17/h6-12,15-16,22,24-26,28,30,36,38,40,42,44H,13-14H2,1-5H3,(H2,35,43)/t16-,22-,24-,25+,26-,28?,30?,32-,33-,34+/m1/s1. The Labute approximate surface area is 255 Å².